The quantitative estimate of drug-likeness (QED) is 0.725. The molecule has 1 saturated heterocycles. The number of anilines is 2. The SMILES string of the molecule is O=C(Nc1ccc(Cl)cc1)N1CCN(c2cccc3[nH]ccc23)CC1. The highest BCUT2D eigenvalue weighted by Crippen LogP contribution is 2.27. The minimum absolute atomic E-state index is 0.0678. The number of H-pyrrole nitrogens is 1. The van der Waals surface area contributed by atoms with E-state index in [9.17, 15) is 4.79 Å². The first-order valence-electron chi connectivity index (χ1n) is 8.33. The summed E-state index contributed by atoms with van der Waals surface area (Å²) in [5, 5.41) is 4.81. The lowest BCUT2D eigenvalue weighted by atomic mass is 10.2. The molecule has 0 bridgehead atoms. The number of amides is 2. The molecule has 0 radical (unpaired) electrons. The van der Waals surface area contributed by atoms with Crippen LogP contribution < -0.4 is 10.2 Å². The van der Waals surface area contributed by atoms with E-state index in [0.29, 0.717) is 18.1 Å². The van der Waals surface area contributed by atoms with Crippen molar-refractivity contribution in [3.63, 3.8) is 0 Å². The number of aromatic nitrogens is 1. The Labute approximate surface area is 151 Å². The first-order chi connectivity index (χ1) is 12.2. The van der Waals surface area contributed by atoms with Gasteiger partial charge in [-0.25, -0.2) is 4.79 Å². The molecule has 0 spiro atoms. The van der Waals surface area contributed by atoms with E-state index >= 15 is 0 Å². The molecule has 6 heteroatoms. The molecule has 0 unspecified atom stereocenters. The van der Waals surface area contributed by atoms with E-state index in [4.69, 9.17) is 11.6 Å². The molecule has 2 N–H and O–H groups in total. The van der Waals surface area contributed by atoms with Gasteiger partial charge < -0.3 is 20.1 Å². The number of hydrogen-bond donors (Lipinski definition) is 2. The van der Waals surface area contributed by atoms with Crippen molar-refractivity contribution < 1.29 is 4.79 Å². The van der Waals surface area contributed by atoms with Gasteiger partial charge in [-0.15, -0.1) is 0 Å². The Morgan fingerprint density at radius 3 is 2.52 bits per heavy atom. The normalized spacial score (nSPS) is 14.8. The number of urea groups is 1. The molecule has 2 heterocycles. The number of fused-ring (bicyclic) bond motifs is 1. The molecule has 4 rings (SSSR count). The summed E-state index contributed by atoms with van der Waals surface area (Å²) >= 11 is 5.87. The number of benzene rings is 2. The van der Waals surface area contributed by atoms with Crippen molar-refractivity contribution in [1.82, 2.24) is 9.88 Å². The summed E-state index contributed by atoms with van der Waals surface area (Å²) in [4.78, 5) is 19.9. The number of aromatic amines is 1. The maximum absolute atomic E-state index is 12.4. The van der Waals surface area contributed by atoms with Crippen molar-refractivity contribution in [2.45, 2.75) is 0 Å². The Kier molecular flexibility index (Phi) is 4.24. The lowest BCUT2D eigenvalue weighted by Crippen LogP contribution is -2.50. The van der Waals surface area contributed by atoms with Gasteiger partial charge in [-0.1, -0.05) is 17.7 Å². The van der Waals surface area contributed by atoms with Gasteiger partial charge in [0, 0.05) is 59.7 Å². The van der Waals surface area contributed by atoms with Crippen molar-refractivity contribution in [2.24, 2.45) is 0 Å². The van der Waals surface area contributed by atoms with Crippen LogP contribution >= 0.6 is 11.6 Å². The lowest BCUT2D eigenvalue weighted by molar-refractivity contribution is 0.208. The van der Waals surface area contributed by atoms with E-state index in [1.54, 1.807) is 12.1 Å². The van der Waals surface area contributed by atoms with Gasteiger partial charge in [0.1, 0.15) is 0 Å². The Morgan fingerprint density at radius 2 is 1.76 bits per heavy atom. The average molecular weight is 355 g/mol. The number of rotatable bonds is 2. The summed E-state index contributed by atoms with van der Waals surface area (Å²) in [7, 11) is 0. The fourth-order valence-corrected chi connectivity index (χ4v) is 3.36. The van der Waals surface area contributed by atoms with Crippen molar-refractivity contribution >= 4 is 39.9 Å². The van der Waals surface area contributed by atoms with E-state index in [0.717, 1.165) is 24.3 Å². The number of hydrogen-bond acceptors (Lipinski definition) is 2. The average Bonchev–Trinajstić information content (AvgIpc) is 3.12. The molecule has 5 nitrogen and oxygen atoms in total. The van der Waals surface area contributed by atoms with Crippen LogP contribution in [0.1, 0.15) is 0 Å². The molecule has 2 amide bonds. The maximum atomic E-state index is 12.4. The third kappa shape index (κ3) is 3.28. The van der Waals surface area contributed by atoms with Crippen LogP contribution in [0.2, 0.25) is 5.02 Å². The van der Waals surface area contributed by atoms with Crippen molar-refractivity contribution in [1.29, 1.82) is 0 Å². The second-order valence-electron chi connectivity index (χ2n) is 6.13. The summed E-state index contributed by atoms with van der Waals surface area (Å²) in [6, 6.07) is 15.5. The molecule has 1 fully saturated rings. The third-order valence-electron chi connectivity index (χ3n) is 4.58. The summed E-state index contributed by atoms with van der Waals surface area (Å²) < 4.78 is 0. The zero-order chi connectivity index (χ0) is 17.2. The fraction of sp³-hybridized carbons (Fsp3) is 0.211. The molecule has 1 aliphatic rings. The van der Waals surface area contributed by atoms with E-state index in [-0.39, 0.29) is 6.03 Å². The summed E-state index contributed by atoms with van der Waals surface area (Å²) in [6.45, 7) is 3.02. The monoisotopic (exact) mass is 354 g/mol. The van der Waals surface area contributed by atoms with Crippen LogP contribution in [0.4, 0.5) is 16.2 Å². The van der Waals surface area contributed by atoms with Gasteiger partial charge in [0.05, 0.1) is 0 Å². The number of nitrogens with zero attached hydrogens (tertiary/aromatic N) is 2. The number of piperazine rings is 1. The molecule has 0 atom stereocenters. The molecular formula is C19H19ClN4O. The largest absolute Gasteiger partial charge is 0.367 e. The first kappa shape index (κ1) is 15.8. The summed E-state index contributed by atoms with van der Waals surface area (Å²) in [5.74, 6) is 0. The molecule has 3 aromatic rings. The molecule has 0 aliphatic carbocycles. The van der Waals surface area contributed by atoms with Crippen molar-refractivity contribution in [3.8, 4) is 0 Å². The van der Waals surface area contributed by atoms with Crippen LogP contribution in [-0.2, 0) is 0 Å². The molecule has 128 valence electrons. The minimum atomic E-state index is -0.0678. The van der Waals surface area contributed by atoms with E-state index in [1.807, 2.05) is 23.2 Å². The lowest BCUT2D eigenvalue weighted by Gasteiger charge is -2.36. The van der Waals surface area contributed by atoms with E-state index in [1.165, 1.54) is 11.1 Å². The minimum Gasteiger partial charge on any atom is -0.367 e. The zero-order valence-corrected chi connectivity index (χ0v) is 14.5. The van der Waals surface area contributed by atoms with E-state index < -0.39 is 0 Å². The van der Waals surface area contributed by atoms with Crippen LogP contribution in [0.15, 0.2) is 54.7 Å². The number of carbonyl (C=O) groups is 1. The van der Waals surface area contributed by atoms with Crippen molar-refractivity contribution in [2.75, 3.05) is 36.4 Å². The van der Waals surface area contributed by atoms with Crippen LogP contribution in [0, 0.1) is 0 Å². The highest BCUT2D eigenvalue weighted by Gasteiger charge is 2.22. The molecule has 1 aromatic heterocycles. The predicted octanol–water partition coefficient (Wildman–Crippen LogP) is 4.18. The van der Waals surface area contributed by atoms with Crippen LogP contribution in [0.5, 0.6) is 0 Å². The Bertz CT molecular complexity index is 882. The van der Waals surface area contributed by atoms with Gasteiger partial charge in [-0.2, -0.15) is 0 Å². The topological polar surface area (TPSA) is 51.4 Å². The molecule has 0 saturated carbocycles. The van der Waals surface area contributed by atoms with Crippen LogP contribution in [0.3, 0.4) is 0 Å². The fourth-order valence-electron chi connectivity index (χ4n) is 3.23. The number of halogens is 1. The molecule has 2 aromatic carbocycles. The Hall–Kier alpha value is -2.66. The van der Waals surface area contributed by atoms with Crippen LogP contribution in [0.25, 0.3) is 10.9 Å². The van der Waals surface area contributed by atoms with Crippen molar-refractivity contribution in [3.05, 3.63) is 59.8 Å². The van der Waals surface area contributed by atoms with Gasteiger partial charge in [-0.3, -0.25) is 0 Å². The molecule has 25 heavy (non-hydrogen) atoms. The van der Waals surface area contributed by atoms with Crippen LogP contribution in [-0.4, -0.2) is 42.1 Å². The van der Waals surface area contributed by atoms with Gasteiger partial charge >= 0.3 is 6.03 Å². The molecule has 1 aliphatic heterocycles. The Morgan fingerprint density at radius 1 is 1.00 bits per heavy atom. The second kappa shape index (κ2) is 6.69. The predicted molar refractivity (Wildman–Crippen MR) is 103 cm³/mol. The first-order valence-corrected chi connectivity index (χ1v) is 8.71. The second-order valence-corrected chi connectivity index (χ2v) is 6.56. The number of nitrogens with one attached hydrogen (secondary N) is 2. The van der Waals surface area contributed by atoms with Gasteiger partial charge in [-0.05, 0) is 42.5 Å². The Balaban J connectivity index is 1.40. The summed E-state index contributed by atoms with van der Waals surface area (Å²) in [6.07, 6.45) is 1.96. The van der Waals surface area contributed by atoms with E-state index in [2.05, 4.69) is 39.5 Å². The van der Waals surface area contributed by atoms with Gasteiger partial charge in [0.15, 0.2) is 0 Å². The maximum Gasteiger partial charge on any atom is 0.321 e. The standard InChI is InChI=1S/C19H19ClN4O/c20-14-4-6-15(7-5-14)22-19(25)24-12-10-23(11-13-24)18-3-1-2-17-16(18)8-9-21-17/h1-9,21H,10-13H2,(H,22,25). The van der Waals surface area contributed by atoms with Gasteiger partial charge in [0.25, 0.3) is 0 Å². The highest BCUT2D eigenvalue weighted by molar-refractivity contribution is 6.30. The third-order valence-corrected chi connectivity index (χ3v) is 4.83. The number of carbonyl (C=O) groups excluding carboxylic acids is 1. The summed E-state index contributed by atoms with van der Waals surface area (Å²) in [5.41, 5.74) is 3.12. The smallest absolute Gasteiger partial charge is 0.321 e. The molecular weight excluding hydrogens is 336 g/mol. The highest BCUT2D eigenvalue weighted by atomic mass is 35.5. The zero-order valence-electron chi connectivity index (χ0n) is 13.7. The van der Waals surface area contributed by atoms with Gasteiger partial charge in [0.2, 0.25) is 0 Å².